The van der Waals surface area contributed by atoms with Crippen LogP contribution in [0.15, 0.2) is 28.9 Å². The Morgan fingerprint density at radius 2 is 2.00 bits per heavy atom. The summed E-state index contributed by atoms with van der Waals surface area (Å²) in [4.78, 5) is 7.75. The Bertz CT molecular complexity index is 565. The van der Waals surface area contributed by atoms with Gasteiger partial charge >= 0.3 is 0 Å². The molecule has 0 amide bonds. The van der Waals surface area contributed by atoms with E-state index in [1.165, 1.54) is 6.20 Å². The van der Waals surface area contributed by atoms with E-state index in [9.17, 15) is 0 Å². The number of nitrogens with two attached hydrogens (primary N) is 1. The van der Waals surface area contributed by atoms with Crippen LogP contribution in [0.25, 0.3) is 0 Å². The van der Waals surface area contributed by atoms with E-state index >= 15 is 0 Å². The fourth-order valence-electron chi connectivity index (χ4n) is 1.09. The van der Waals surface area contributed by atoms with Crippen LogP contribution in [0.4, 0.5) is 5.95 Å². The molecule has 0 radical (unpaired) electrons. The normalized spacial score (nSPS) is 10.3. The zero-order chi connectivity index (χ0) is 12.4. The molecule has 7 heteroatoms. The molecule has 17 heavy (non-hydrogen) atoms. The van der Waals surface area contributed by atoms with Crippen molar-refractivity contribution in [2.24, 2.45) is 0 Å². The molecule has 0 spiro atoms. The van der Waals surface area contributed by atoms with Crippen LogP contribution in [-0.2, 0) is 0 Å². The van der Waals surface area contributed by atoms with E-state index in [0.717, 1.165) is 0 Å². The van der Waals surface area contributed by atoms with Crippen molar-refractivity contribution in [3.8, 4) is 11.6 Å². The van der Waals surface area contributed by atoms with Crippen molar-refractivity contribution in [1.82, 2.24) is 9.97 Å². The molecule has 2 N–H and O–H groups in total. The van der Waals surface area contributed by atoms with Gasteiger partial charge in [-0.1, -0.05) is 23.2 Å². The second-order valence-electron chi connectivity index (χ2n) is 3.06. The third kappa shape index (κ3) is 3.00. The SMILES string of the molecule is Nc1ncc(Br)c(Oc2ccc(Cl)c(Cl)c2)n1. The van der Waals surface area contributed by atoms with Crippen molar-refractivity contribution < 1.29 is 4.74 Å². The van der Waals surface area contributed by atoms with E-state index in [2.05, 4.69) is 25.9 Å². The predicted molar refractivity (Wildman–Crippen MR) is 70.7 cm³/mol. The Hall–Kier alpha value is -1.04. The van der Waals surface area contributed by atoms with Gasteiger partial charge in [0.25, 0.3) is 0 Å². The number of hydrogen-bond acceptors (Lipinski definition) is 4. The third-order valence-electron chi connectivity index (χ3n) is 1.84. The fraction of sp³-hybridized carbons (Fsp3) is 0. The van der Waals surface area contributed by atoms with Gasteiger partial charge in [-0.15, -0.1) is 0 Å². The Morgan fingerprint density at radius 3 is 2.71 bits per heavy atom. The summed E-state index contributed by atoms with van der Waals surface area (Å²) in [6.45, 7) is 0. The molecule has 0 saturated heterocycles. The molecule has 0 unspecified atom stereocenters. The molecule has 88 valence electrons. The van der Waals surface area contributed by atoms with Crippen molar-refractivity contribution in [3.63, 3.8) is 0 Å². The van der Waals surface area contributed by atoms with Crippen molar-refractivity contribution in [3.05, 3.63) is 38.9 Å². The molecule has 0 aliphatic carbocycles. The highest BCUT2D eigenvalue weighted by atomic mass is 79.9. The van der Waals surface area contributed by atoms with Crippen molar-refractivity contribution in [2.45, 2.75) is 0 Å². The molecule has 1 aromatic carbocycles. The first-order valence-electron chi connectivity index (χ1n) is 4.47. The van der Waals surface area contributed by atoms with Gasteiger partial charge in [0, 0.05) is 6.07 Å². The van der Waals surface area contributed by atoms with Crippen LogP contribution in [0.1, 0.15) is 0 Å². The maximum Gasteiger partial charge on any atom is 0.238 e. The van der Waals surface area contributed by atoms with E-state index in [0.29, 0.717) is 26.1 Å². The van der Waals surface area contributed by atoms with Gasteiger partial charge in [-0.25, -0.2) is 4.98 Å². The summed E-state index contributed by atoms with van der Waals surface area (Å²) < 4.78 is 6.10. The van der Waals surface area contributed by atoms with Crippen molar-refractivity contribution in [1.29, 1.82) is 0 Å². The molecule has 1 aromatic heterocycles. The summed E-state index contributed by atoms with van der Waals surface area (Å²) in [5.74, 6) is 0.956. The quantitative estimate of drug-likeness (QED) is 0.904. The van der Waals surface area contributed by atoms with Crippen LogP contribution in [0.3, 0.4) is 0 Å². The number of halogens is 3. The Kier molecular flexibility index (Phi) is 3.71. The summed E-state index contributed by atoms with van der Waals surface area (Å²) in [6.07, 6.45) is 1.51. The average molecular weight is 335 g/mol. The minimum atomic E-state index is 0.128. The summed E-state index contributed by atoms with van der Waals surface area (Å²) in [7, 11) is 0. The van der Waals surface area contributed by atoms with Crippen LogP contribution in [0, 0.1) is 0 Å². The van der Waals surface area contributed by atoms with Crippen LogP contribution >= 0.6 is 39.1 Å². The maximum atomic E-state index is 5.87. The first kappa shape index (κ1) is 12.4. The van der Waals surface area contributed by atoms with Crippen LogP contribution in [-0.4, -0.2) is 9.97 Å². The molecule has 0 atom stereocenters. The van der Waals surface area contributed by atoms with Gasteiger partial charge in [0.1, 0.15) is 5.75 Å². The predicted octanol–water partition coefficient (Wildman–Crippen LogP) is 3.92. The highest BCUT2D eigenvalue weighted by Gasteiger charge is 2.07. The first-order chi connectivity index (χ1) is 8.06. The minimum Gasteiger partial charge on any atom is -0.438 e. The molecular weight excluding hydrogens is 329 g/mol. The standard InChI is InChI=1S/C10H6BrCl2N3O/c11-6-4-15-10(14)16-9(6)17-5-1-2-7(12)8(13)3-5/h1-4H,(H2,14,15,16). The number of hydrogen-bond donors (Lipinski definition) is 1. The van der Waals surface area contributed by atoms with Crippen LogP contribution in [0.2, 0.25) is 10.0 Å². The van der Waals surface area contributed by atoms with E-state index < -0.39 is 0 Å². The third-order valence-corrected chi connectivity index (χ3v) is 3.12. The summed E-state index contributed by atoms with van der Waals surface area (Å²) in [5, 5.41) is 0.864. The summed E-state index contributed by atoms with van der Waals surface area (Å²) in [5.41, 5.74) is 5.46. The smallest absolute Gasteiger partial charge is 0.238 e. The molecule has 0 aliphatic heterocycles. The molecule has 0 bridgehead atoms. The first-order valence-corrected chi connectivity index (χ1v) is 6.02. The number of anilines is 1. The van der Waals surface area contributed by atoms with Gasteiger partial charge in [0.2, 0.25) is 11.8 Å². The largest absolute Gasteiger partial charge is 0.438 e. The monoisotopic (exact) mass is 333 g/mol. The molecular formula is C10H6BrCl2N3O. The summed E-state index contributed by atoms with van der Waals surface area (Å²) >= 11 is 14.9. The lowest BCUT2D eigenvalue weighted by atomic mass is 10.3. The van der Waals surface area contributed by atoms with E-state index in [1.807, 2.05) is 0 Å². The molecule has 0 saturated carbocycles. The Morgan fingerprint density at radius 1 is 1.24 bits per heavy atom. The van der Waals surface area contributed by atoms with Crippen LogP contribution in [0.5, 0.6) is 11.6 Å². The van der Waals surface area contributed by atoms with Gasteiger partial charge in [0.05, 0.1) is 20.7 Å². The maximum absolute atomic E-state index is 5.87. The lowest BCUT2D eigenvalue weighted by Gasteiger charge is -2.07. The molecule has 1 heterocycles. The Labute approximate surface area is 116 Å². The van der Waals surface area contributed by atoms with Gasteiger partial charge in [-0.3, -0.25) is 0 Å². The van der Waals surface area contributed by atoms with E-state index in [1.54, 1.807) is 18.2 Å². The number of rotatable bonds is 2. The number of aromatic nitrogens is 2. The summed E-state index contributed by atoms with van der Waals surface area (Å²) in [6, 6.07) is 4.91. The number of ether oxygens (including phenoxy) is 1. The Balaban J connectivity index is 2.31. The number of nitrogens with zero attached hydrogens (tertiary/aromatic N) is 2. The van der Waals surface area contributed by atoms with Crippen LogP contribution < -0.4 is 10.5 Å². The topological polar surface area (TPSA) is 61.0 Å². The molecule has 2 aromatic rings. The second kappa shape index (κ2) is 5.08. The average Bonchev–Trinajstić information content (AvgIpc) is 2.29. The van der Waals surface area contributed by atoms with E-state index in [4.69, 9.17) is 33.7 Å². The second-order valence-corrected chi connectivity index (χ2v) is 4.73. The minimum absolute atomic E-state index is 0.128. The van der Waals surface area contributed by atoms with Crippen molar-refractivity contribution >= 4 is 45.1 Å². The zero-order valence-corrected chi connectivity index (χ0v) is 11.4. The van der Waals surface area contributed by atoms with Gasteiger partial charge in [0.15, 0.2) is 0 Å². The molecule has 0 fully saturated rings. The highest BCUT2D eigenvalue weighted by Crippen LogP contribution is 2.31. The zero-order valence-electron chi connectivity index (χ0n) is 8.32. The molecule has 0 aliphatic rings. The van der Waals surface area contributed by atoms with Crippen molar-refractivity contribution in [2.75, 3.05) is 5.73 Å². The van der Waals surface area contributed by atoms with E-state index in [-0.39, 0.29) is 5.95 Å². The van der Waals surface area contributed by atoms with Gasteiger partial charge in [-0.05, 0) is 28.1 Å². The lowest BCUT2D eigenvalue weighted by molar-refractivity contribution is 0.459. The fourth-order valence-corrected chi connectivity index (χ4v) is 1.65. The molecule has 2 rings (SSSR count). The number of nitrogen functional groups attached to an aromatic ring is 1. The number of benzene rings is 1. The van der Waals surface area contributed by atoms with Gasteiger partial charge < -0.3 is 10.5 Å². The lowest BCUT2D eigenvalue weighted by Crippen LogP contribution is -1.97. The van der Waals surface area contributed by atoms with Gasteiger partial charge in [-0.2, -0.15) is 4.98 Å². The highest BCUT2D eigenvalue weighted by molar-refractivity contribution is 9.10. The molecule has 4 nitrogen and oxygen atoms in total.